The highest BCUT2D eigenvalue weighted by molar-refractivity contribution is 5.38. The molecule has 0 fully saturated rings. The van der Waals surface area contributed by atoms with E-state index in [-0.39, 0.29) is 5.92 Å². The zero-order valence-corrected chi connectivity index (χ0v) is 12.1. The lowest BCUT2D eigenvalue weighted by Crippen LogP contribution is -2.14. The summed E-state index contributed by atoms with van der Waals surface area (Å²) in [5, 5.41) is 4.40. The maximum absolute atomic E-state index is 6.11. The van der Waals surface area contributed by atoms with Crippen LogP contribution in [0.1, 0.15) is 22.6 Å². The number of aromatic nitrogens is 2. The summed E-state index contributed by atoms with van der Waals surface area (Å²) in [4.78, 5) is 0. The van der Waals surface area contributed by atoms with Gasteiger partial charge in [-0.15, -0.1) is 0 Å². The van der Waals surface area contributed by atoms with Gasteiger partial charge in [-0.25, -0.2) is 4.68 Å². The van der Waals surface area contributed by atoms with Crippen molar-refractivity contribution in [3.05, 3.63) is 83.6 Å². The minimum atomic E-state index is 0.244. The molecular weight excluding hydrogens is 258 g/mol. The Morgan fingerprint density at radius 2 is 1.48 bits per heavy atom. The summed E-state index contributed by atoms with van der Waals surface area (Å²) < 4.78 is 1.89. The van der Waals surface area contributed by atoms with Crippen molar-refractivity contribution >= 4 is 5.82 Å². The number of hydrogen-bond donors (Lipinski definition) is 1. The minimum Gasteiger partial charge on any atom is -0.384 e. The van der Waals surface area contributed by atoms with Crippen LogP contribution in [0.2, 0.25) is 0 Å². The zero-order valence-electron chi connectivity index (χ0n) is 12.1. The van der Waals surface area contributed by atoms with E-state index in [1.54, 1.807) is 0 Å². The van der Waals surface area contributed by atoms with Gasteiger partial charge in [0.05, 0.1) is 12.7 Å². The largest absolute Gasteiger partial charge is 0.384 e. The summed E-state index contributed by atoms with van der Waals surface area (Å²) in [5.74, 6) is 0.987. The number of anilines is 1. The summed E-state index contributed by atoms with van der Waals surface area (Å²) in [6, 6.07) is 21.0. The molecule has 3 nitrogen and oxygen atoms in total. The fourth-order valence-electron chi connectivity index (χ4n) is 2.58. The predicted molar refractivity (Wildman–Crippen MR) is 86.1 cm³/mol. The lowest BCUT2D eigenvalue weighted by molar-refractivity contribution is 0.570. The van der Waals surface area contributed by atoms with Crippen molar-refractivity contribution in [2.24, 2.45) is 0 Å². The zero-order chi connectivity index (χ0) is 14.7. The smallest absolute Gasteiger partial charge is 0.124 e. The number of aryl methyl sites for hydroxylation is 1. The molecule has 0 amide bonds. The van der Waals surface area contributed by atoms with Gasteiger partial charge in [0.2, 0.25) is 0 Å². The molecule has 0 atom stereocenters. The van der Waals surface area contributed by atoms with Gasteiger partial charge in [-0.1, -0.05) is 60.7 Å². The predicted octanol–water partition coefficient (Wildman–Crippen LogP) is 3.61. The highest BCUT2D eigenvalue weighted by Crippen LogP contribution is 2.27. The van der Waals surface area contributed by atoms with Crippen molar-refractivity contribution in [2.45, 2.75) is 19.4 Å². The van der Waals surface area contributed by atoms with Crippen LogP contribution in [0.15, 0.2) is 66.9 Å². The van der Waals surface area contributed by atoms with Crippen LogP contribution in [0.4, 0.5) is 5.82 Å². The van der Waals surface area contributed by atoms with Crippen LogP contribution in [0.3, 0.4) is 0 Å². The van der Waals surface area contributed by atoms with Crippen molar-refractivity contribution in [3.8, 4) is 0 Å². The fraction of sp³-hybridized carbons (Fsp3) is 0.167. The number of nitrogens with zero attached hydrogens (tertiary/aromatic N) is 2. The van der Waals surface area contributed by atoms with E-state index in [1.165, 1.54) is 11.1 Å². The first-order valence-corrected chi connectivity index (χ1v) is 7.13. The van der Waals surface area contributed by atoms with Crippen molar-refractivity contribution in [3.63, 3.8) is 0 Å². The van der Waals surface area contributed by atoms with Crippen LogP contribution in [0, 0.1) is 6.92 Å². The van der Waals surface area contributed by atoms with Crippen molar-refractivity contribution in [2.75, 3.05) is 5.73 Å². The molecule has 1 heterocycles. The summed E-state index contributed by atoms with van der Waals surface area (Å²) >= 11 is 0. The van der Waals surface area contributed by atoms with E-state index in [0.717, 1.165) is 17.9 Å². The second-order valence-corrected chi connectivity index (χ2v) is 5.27. The molecule has 2 aromatic carbocycles. The highest BCUT2D eigenvalue weighted by Gasteiger charge is 2.16. The molecule has 0 unspecified atom stereocenters. The molecule has 3 aromatic rings. The molecule has 1 aromatic heterocycles. The maximum atomic E-state index is 6.11. The molecule has 3 rings (SSSR count). The Bertz CT molecular complexity index is 662. The van der Waals surface area contributed by atoms with Gasteiger partial charge in [0.1, 0.15) is 5.82 Å². The molecule has 0 radical (unpaired) electrons. The number of rotatable bonds is 4. The van der Waals surface area contributed by atoms with Crippen LogP contribution in [0.5, 0.6) is 0 Å². The SMILES string of the molecule is Cc1cnn(CC(c2ccccc2)c2ccccc2)c1N. The van der Waals surface area contributed by atoms with Crippen LogP contribution in [-0.2, 0) is 6.54 Å². The summed E-state index contributed by atoms with van der Waals surface area (Å²) in [5.41, 5.74) is 9.68. The van der Waals surface area contributed by atoms with Crippen LogP contribution in [0.25, 0.3) is 0 Å². The molecule has 106 valence electrons. The molecule has 0 spiro atoms. The van der Waals surface area contributed by atoms with Crippen LogP contribution in [-0.4, -0.2) is 9.78 Å². The van der Waals surface area contributed by atoms with E-state index in [9.17, 15) is 0 Å². The number of nitrogens with two attached hydrogens (primary N) is 1. The monoisotopic (exact) mass is 277 g/mol. The third-order valence-electron chi connectivity index (χ3n) is 3.83. The fourth-order valence-corrected chi connectivity index (χ4v) is 2.58. The first-order valence-electron chi connectivity index (χ1n) is 7.13. The van der Waals surface area contributed by atoms with Gasteiger partial charge in [-0.05, 0) is 18.1 Å². The average molecular weight is 277 g/mol. The van der Waals surface area contributed by atoms with E-state index in [2.05, 4.69) is 53.6 Å². The van der Waals surface area contributed by atoms with E-state index < -0.39 is 0 Å². The number of nitrogen functional groups attached to an aromatic ring is 1. The average Bonchev–Trinajstić information content (AvgIpc) is 2.86. The van der Waals surface area contributed by atoms with Crippen molar-refractivity contribution in [1.82, 2.24) is 9.78 Å². The lowest BCUT2D eigenvalue weighted by Gasteiger charge is -2.19. The molecule has 0 aliphatic heterocycles. The van der Waals surface area contributed by atoms with Gasteiger partial charge in [0, 0.05) is 11.5 Å². The Morgan fingerprint density at radius 3 is 1.90 bits per heavy atom. The Balaban J connectivity index is 1.99. The third kappa shape index (κ3) is 2.82. The first-order chi connectivity index (χ1) is 10.3. The Hall–Kier alpha value is -2.55. The molecule has 0 bridgehead atoms. The van der Waals surface area contributed by atoms with E-state index >= 15 is 0 Å². The Kier molecular flexibility index (Phi) is 3.73. The summed E-state index contributed by atoms with van der Waals surface area (Å²) in [6.45, 7) is 2.73. The second kappa shape index (κ2) is 5.83. The van der Waals surface area contributed by atoms with Gasteiger partial charge in [0.25, 0.3) is 0 Å². The lowest BCUT2D eigenvalue weighted by atomic mass is 9.91. The number of benzene rings is 2. The topological polar surface area (TPSA) is 43.8 Å². The molecule has 0 aliphatic rings. The first kappa shape index (κ1) is 13.4. The van der Waals surface area contributed by atoms with Gasteiger partial charge in [0.15, 0.2) is 0 Å². The van der Waals surface area contributed by atoms with E-state index in [0.29, 0.717) is 0 Å². The van der Waals surface area contributed by atoms with Crippen LogP contribution >= 0.6 is 0 Å². The highest BCUT2D eigenvalue weighted by atomic mass is 15.3. The maximum Gasteiger partial charge on any atom is 0.124 e. The molecule has 21 heavy (non-hydrogen) atoms. The third-order valence-corrected chi connectivity index (χ3v) is 3.83. The number of hydrogen-bond acceptors (Lipinski definition) is 2. The molecule has 2 N–H and O–H groups in total. The molecule has 0 saturated carbocycles. The molecule has 3 heteroatoms. The Morgan fingerprint density at radius 1 is 0.952 bits per heavy atom. The van der Waals surface area contributed by atoms with E-state index in [1.807, 2.05) is 29.9 Å². The quantitative estimate of drug-likeness (QED) is 0.791. The molecule has 0 saturated heterocycles. The molecule has 0 aliphatic carbocycles. The summed E-state index contributed by atoms with van der Waals surface area (Å²) in [6.07, 6.45) is 1.82. The van der Waals surface area contributed by atoms with Gasteiger partial charge < -0.3 is 5.73 Å². The standard InChI is InChI=1S/C18H19N3/c1-14-12-20-21(18(14)19)13-17(15-8-4-2-5-9-15)16-10-6-3-7-11-16/h2-12,17H,13,19H2,1H3. The van der Waals surface area contributed by atoms with Crippen LogP contribution < -0.4 is 5.73 Å². The van der Waals surface area contributed by atoms with Gasteiger partial charge in [-0.3, -0.25) is 0 Å². The Labute approximate surface area is 125 Å². The second-order valence-electron chi connectivity index (χ2n) is 5.27. The van der Waals surface area contributed by atoms with Crippen molar-refractivity contribution < 1.29 is 0 Å². The van der Waals surface area contributed by atoms with E-state index in [4.69, 9.17) is 5.73 Å². The minimum absolute atomic E-state index is 0.244. The van der Waals surface area contributed by atoms with Crippen molar-refractivity contribution in [1.29, 1.82) is 0 Å². The van der Waals surface area contributed by atoms with Gasteiger partial charge in [-0.2, -0.15) is 5.10 Å². The normalized spacial score (nSPS) is 11.0. The molecular formula is C18H19N3. The van der Waals surface area contributed by atoms with Gasteiger partial charge >= 0.3 is 0 Å². The summed E-state index contributed by atoms with van der Waals surface area (Å²) in [7, 11) is 0.